The van der Waals surface area contributed by atoms with Crippen molar-refractivity contribution in [1.29, 1.82) is 0 Å². The Labute approximate surface area is 126 Å². The number of amides is 1. The highest BCUT2D eigenvalue weighted by atomic mass is 19.1. The lowest BCUT2D eigenvalue weighted by molar-refractivity contribution is 0.0958. The van der Waals surface area contributed by atoms with Crippen LogP contribution in [0.15, 0.2) is 36.5 Å². The Morgan fingerprint density at radius 3 is 2.73 bits per heavy atom. The molecule has 22 heavy (non-hydrogen) atoms. The zero-order chi connectivity index (χ0) is 16.1. The minimum Gasteiger partial charge on any atom is -0.505 e. The molecule has 0 spiro atoms. The molecule has 0 bridgehead atoms. The molecule has 0 atom stereocenters. The van der Waals surface area contributed by atoms with Crippen molar-refractivity contribution in [2.24, 2.45) is 5.73 Å². The Kier molecular flexibility index (Phi) is 4.67. The fraction of sp³-hybridized carbons (Fsp3) is 0.133. The summed E-state index contributed by atoms with van der Waals surface area (Å²) in [5.74, 6) is -1.85. The zero-order valence-electron chi connectivity index (χ0n) is 11.9. The molecule has 0 unspecified atom stereocenters. The van der Waals surface area contributed by atoms with E-state index in [1.807, 2.05) is 6.92 Å². The number of rotatable bonds is 4. The van der Waals surface area contributed by atoms with E-state index < -0.39 is 17.5 Å². The van der Waals surface area contributed by atoms with Gasteiger partial charge in [0.25, 0.3) is 5.91 Å². The van der Waals surface area contributed by atoms with Crippen LogP contribution >= 0.6 is 0 Å². The molecule has 2 rings (SSSR count). The summed E-state index contributed by atoms with van der Waals surface area (Å²) < 4.78 is 13.2. The molecule has 0 saturated heterocycles. The highest BCUT2D eigenvalue weighted by Gasteiger charge is 2.11. The van der Waals surface area contributed by atoms with Gasteiger partial charge in [-0.1, -0.05) is 0 Å². The number of carbonyl (C=O) groups excluding carboxylic acids is 1. The van der Waals surface area contributed by atoms with Crippen molar-refractivity contribution in [2.45, 2.75) is 6.92 Å². The predicted octanol–water partition coefficient (Wildman–Crippen LogP) is 1.36. The summed E-state index contributed by atoms with van der Waals surface area (Å²) in [7, 11) is 0. The first-order chi connectivity index (χ1) is 10.5. The smallest absolute Gasteiger partial charge is 0.251 e. The first kappa shape index (κ1) is 15.4. The van der Waals surface area contributed by atoms with E-state index in [1.165, 1.54) is 12.3 Å². The van der Waals surface area contributed by atoms with Gasteiger partial charge in [-0.05, 0) is 37.3 Å². The molecule has 6 nitrogen and oxygen atoms in total. The number of aromatic hydroxyl groups is 1. The molecule has 0 aliphatic heterocycles. The fourth-order valence-electron chi connectivity index (χ4n) is 1.73. The van der Waals surface area contributed by atoms with Gasteiger partial charge >= 0.3 is 0 Å². The number of hydrogen-bond acceptors (Lipinski definition) is 5. The molecule has 114 valence electrons. The minimum absolute atomic E-state index is 0.0988. The molecule has 1 aromatic heterocycles. The van der Waals surface area contributed by atoms with Gasteiger partial charge in [0.15, 0.2) is 11.6 Å². The monoisotopic (exact) mass is 302 g/mol. The molecule has 2 aromatic rings. The summed E-state index contributed by atoms with van der Waals surface area (Å²) in [6, 6.07) is 6.93. The summed E-state index contributed by atoms with van der Waals surface area (Å²) >= 11 is 0. The van der Waals surface area contributed by atoms with Gasteiger partial charge in [-0.2, -0.15) is 10.2 Å². The van der Waals surface area contributed by atoms with Crippen LogP contribution < -0.4 is 11.1 Å². The fourth-order valence-corrected chi connectivity index (χ4v) is 1.73. The van der Waals surface area contributed by atoms with Crippen LogP contribution in [0.1, 0.15) is 21.7 Å². The minimum atomic E-state index is -0.855. The van der Waals surface area contributed by atoms with Crippen LogP contribution in [0, 0.1) is 12.7 Å². The van der Waals surface area contributed by atoms with Gasteiger partial charge in [0.1, 0.15) is 0 Å². The summed E-state index contributed by atoms with van der Waals surface area (Å²) in [5.41, 5.74) is 7.53. The largest absolute Gasteiger partial charge is 0.505 e. The van der Waals surface area contributed by atoms with Crippen LogP contribution in [0.2, 0.25) is 0 Å². The lowest BCUT2D eigenvalue weighted by atomic mass is 10.1. The maximum absolute atomic E-state index is 13.2. The van der Waals surface area contributed by atoms with Crippen LogP contribution in [0.25, 0.3) is 5.57 Å². The van der Waals surface area contributed by atoms with E-state index in [4.69, 9.17) is 10.8 Å². The molecule has 1 aromatic carbocycles. The van der Waals surface area contributed by atoms with Crippen molar-refractivity contribution in [3.8, 4) is 5.75 Å². The first-order valence-electron chi connectivity index (χ1n) is 6.49. The van der Waals surface area contributed by atoms with Crippen molar-refractivity contribution in [2.75, 3.05) is 6.54 Å². The average Bonchev–Trinajstić information content (AvgIpc) is 2.52. The Morgan fingerprint density at radius 1 is 1.36 bits per heavy atom. The zero-order valence-corrected chi connectivity index (χ0v) is 11.9. The van der Waals surface area contributed by atoms with Gasteiger partial charge < -0.3 is 16.2 Å². The van der Waals surface area contributed by atoms with E-state index in [2.05, 4.69) is 15.5 Å². The van der Waals surface area contributed by atoms with Gasteiger partial charge in [-0.15, -0.1) is 0 Å². The molecule has 0 aliphatic carbocycles. The third kappa shape index (κ3) is 3.57. The molecule has 0 radical (unpaired) electrons. The number of nitrogens with two attached hydrogens (primary N) is 1. The van der Waals surface area contributed by atoms with Gasteiger partial charge in [0.05, 0.1) is 11.4 Å². The molecule has 1 heterocycles. The highest BCUT2D eigenvalue weighted by Crippen LogP contribution is 2.16. The van der Waals surface area contributed by atoms with Crippen LogP contribution in [0.3, 0.4) is 0 Å². The summed E-state index contributed by atoms with van der Waals surface area (Å²) in [6.07, 6.45) is 1.33. The Bertz CT molecular complexity index is 714. The van der Waals surface area contributed by atoms with Crippen LogP contribution in [0.5, 0.6) is 5.75 Å². The maximum atomic E-state index is 13.2. The molecule has 7 heteroatoms. The maximum Gasteiger partial charge on any atom is 0.251 e. The number of nitrogens with one attached hydrogen (secondary N) is 1. The van der Waals surface area contributed by atoms with Crippen LogP contribution in [0.4, 0.5) is 4.39 Å². The third-order valence-electron chi connectivity index (χ3n) is 2.98. The molecule has 0 saturated carbocycles. The topological polar surface area (TPSA) is 101 Å². The quantitative estimate of drug-likeness (QED) is 0.791. The van der Waals surface area contributed by atoms with Crippen molar-refractivity contribution >= 4 is 11.5 Å². The van der Waals surface area contributed by atoms with E-state index in [-0.39, 0.29) is 12.1 Å². The van der Waals surface area contributed by atoms with Crippen LogP contribution in [-0.4, -0.2) is 27.8 Å². The average molecular weight is 302 g/mol. The van der Waals surface area contributed by atoms with E-state index in [1.54, 1.807) is 12.1 Å². The van der Waals surface area contributed by atoms with Crippen molar-refractivity contribution in [3.05, 3.63) is 59.3 Å². The number of nitrogens with zero attached hydrogens (tertiary/aromatic N) is 2. The van der Waals surface area contributed by atoms with E-state index >= 15 is 0 Å². The number of aromatic nitrogens is 2. The number of halogens is 1. The van der Waals surface area contributed by atoms with Gasteiger partial charge in [-0.25, -0.2) is 4.39 Å². The van der Waals surface area contributed by atoms with Crippen LogP contribution in [-0.2, 0) is 0 Å². The normalized spacial score (nSPS) is 11.3. The van der Waals surface area contributed by atoms with E-state index in [0.717, 1.165) is 17.8 Å². The number of phenolic OH excluding ortho intramolecular Hbond substituents is 1. The third-order valence-corrected chi connectivity index (χ3v) is 2.98. The molecule has 0 fully saturated rings. The molecular formula is C15H15FN4O2. The summed E-state index contributed by atoms with van der Waals surface area (Å²) in [6.45, 7) is 1.93. The number of aryl methyl sites for hydroxylation is 1. The molecule has 4 N–H and O–H groups in total. The van der Waals surface area contributed by atoms with Gasteiger partial charge in [-0.3, -0.25) is 4.79 Å². The van der Waals surface area contributed by atoms with Crippen molar-refractivity contribution < 1.29 is 14.3 Å². The summed E-state index contributed by atoms with van der Waals surface area (Å²) in [4.78, 5) is 12.0. The Balaban J connectivity index is 2.05. The second-order valence-electron chi connectivity index (χ2n) is 4.60. The van der Waals surface area contributed by atoms with Gasteiger partial charge in [0.2, 0.25) is 0 Å². The van der Waals surface area contributed by atoms with E-state index in [0.29, 0.717) is 11.3 Å². The summed E-state index contributed by atoms with van der Waals surface area (Å²) in [5, 5.41) is 19.6. The Morgan fingerprint density at radius 2 is 2.14 bits per heavy atom. The first-order valence-corrected chi connectivity index (χ1v) is 6.49. The number of carbonyl (C=O) groups is 1. The lowest BCUT2D eigenvalue weighted by Crippen LogP contribution is -2.26. The standard InChI is InChI=1S/C15H15FN4O2/c1-9-2-4-13(20-19-9)11(7-17)8-18-15(22)10-3-5-14(21)12(16)6-10/h2-7,21H,8,17H2,1H3,(H,18,22). The Hall–Kier alpha value is -2.96. The number of benzene rings is 1. The molecule has 1 amide bonds. The molecule has 0 aliphatic rings. The van der Waals surface area contributed by atoms with Crippen molar-refractivity contribution in [3.63, 3.8) is 0 Å². The highest BCUT2D eigenvalue weighted by molar-refractivity contribution is 5.95. The second kappa shape index (κ2) is 6.66. The SMILES string of the molecule is Cc1ccc(C(=CN)CNC(=O)c2ccc(O)c(F)c2)nn1. The number of phenols is 1. The van der Waals surface area contributed by atoms with E-state index in [9.17, 15) is 9.18 Å². The van der Waals surface area contributed by atoms with Crippen molar-refractivity contribution in [1.82, 2.24) is 15.5 Å². The second-order valence-corrected chi connectivity index (χ2v) is 4.60. The number of hydrogen-bond donors (Lipinski definition) is 3. The molecular weight excluding hydrogens is 287 g/mol. The predicted molar refractivity (Wildman–Crippen MR) is 79.3 cm³/mol. The van der Waals surface area contributed by atoms with Gasteiger partial charge in [0, 0.05) is 23.9 Å². The lowest BCUT2D eigenvalue weighted by Gasteiger charge is -2.08.